The summed E-state index contributed by atoms with van der Waals surface area (Å²) in [6.45, 7) is 3.86. The summed E-state index contributed by atoms with van der Waals surface area (Å²) < 4.78 is 15.2. The van der Waals surface area contributed by atoms with Crippen LogP contribution in [0.4, 0.5) is 0 Å². The minimum Gasteiger partial charge on any atom is -0.446 e. The molecule has 1 heterocycles. The van der Waals surface area contributed by atoms with Gasteiger partial charge in [0.2, 0.25) is 11.8 Å². The third kappa shape index (κ3) is 6.79. The summed E-state index contributed by atoms with van der Waals surface area (Å²) in [5.41, 5.74) is 0.186. The van der Waals surface area contributed by atoms with Crippen LogP contribution in [-0.4, -0.2) is 62.2 Å². The normalized spacial score (nSPS) is 10.6. The van der Waals surface area contributed by atoms with Gasteiger partial charge in [-0.25, -0.2) is 4.98 Å². The molecule has 0 bridgehead atoms. The van der Waals surface area contributed by atoms with Crippen LogP contribution in [0.3, 0.4) is 0 Å². The molecule has 0 fully saturated rings. The van der Waals surface area contributed by atoms with Gasteiger partial charge in [0, 0.05) is 33.7 Å². The van der Waals surface area contributed by atoms with Crippen molar-refractivity contribution in [1.82, 2.24) is 15.2 Å². The SMILES string of the molecule is CCCC(=O)N(CCOC)Cc1nc(C(=O)NCCOC)co1. The average molecular weight is 327 g/mol. The summed E-state index contributed by atoms with van der Waals surface area (Å²) in [4.78, 5) is 29.7. The lowest BCUT2D eigenvalue weighted by Crippen LogP contribution is -2.33. The van der Waals surface area contributed by atoms with Crippen molar-refractivity contribution in [2.75, 3.05) is 40.5 Å². The number of aromatic nitrogens is 1. The van der Waals surface area contributed by atoms with Crippen molar-refractivity contribution >= 4 is 11.8 Å². The molecule has 2 amide bonds. The fourth-order valence-electron chi connectivity index (χ4n) is 1.87. The fourth-order valence-corrected chi connectivity index (χ4v) is 1.87. The van der Waals surface area contributed by atoms with Crippen molar-refractivity contribution in [2.24, 2.45) is 0 Å². The van der Waals surface area contributed by atoms with E-state index in [-0.39, 0.29) is 24.1 Å². The third-order valence-electron chi connectivity index (χ3n) is 3.08. The minimum atomic E-state index is -0.333. The Bertz CT molecular complexity index is 489. The Labute approximate surface area is 136 Å². The lowest BCUT2D eigenvalue weighted by atomic mass is 10.3. The second-order valence-electron chi connectivity index (χ2n) is 4.93. The Balaban J connectivity index is 2.62. The quantitative estimate of drug-likeness (QED) is 0.605. The molecule has 8 nitrogen and oxygen atoms in total. The zero-order valence-electron chi connectivity index (χ0n) is 14.0. The molecule has 0 radical (unpaired) electrons. The molecule has 0 atom stereocenters. The van der Waals surface area contributed by atoms with E-state index < -0.39 is 0 Å². The first-order valence-corrected chi connectivity index (χ1v) is 7.60. The summed E-state index contributed by atoms with van der Waals surface area (Å²) in [5.74, 6) is -0.00308. The number of ether oxygens (including phenoxy) is 2. The van der Waals surface area contributed by atoms with Gasteiger partial charge in [0.25, 0.3) is 5.91 Å². The fraction of sp³-hybridized carbons (Fsp3) is 0.667. The standard InChI is InChI=1S/C15H25N3O5/c1-4-5-14(19)18(7-9-22-3)10-13-17-12(11-23-13)15(20)16-6-8-21-2/h11H,4-10H2,1-3H3,(H,16,20). The van der Waals surface area contributed by atoms with Gasteiger partial charge in [-0.05, 0) is 6.42 Å². The summed E-state index contributed by atoms with van der Waals surface area (Å²) in [5, 5.41) is 2.66. The highest BCUT2D eigenvalue weighted by atomic mass is 16.5. The van der Waals surface area contributed by atoms with E-state index in [1.165, 1.54) is 6.26 Å². The number of amides is 2. The summed E-state index contributed by atoms with van der Waals surface area (Å²) in [6, 6.07) is 0. The van der Waals surface area contributed by atoms with Crippen molar-refractivity contribution in [3.05, 3.63) is 17.8 Å². The van der Waals surface area contributed by atoms with Crippen LogP contribution in [0.2, 0.25) is 0 Å². The van der Waals surface area contributed by atoms with Crippen molar-refractivity contribution in [3.8, 4) is 0 Å². The lowest BCUT2D eigenvalue weighted by Gasteiger charge is -2.20. The van der Waals surface area contributed by atoms with Gasteiger partial charge in [-0.2, -0.15) is 0 Å². The molecule has 0 unspecified atom stereocenters. The molecule has 0 saturated heterocycles. The van der Waals surface area contributed by atoms with Crippen molar-refractivity contribution in [1.29, 1.82) is 0 Å². The van der Waals surface area contributed by atoms with Gasteiger partial charge in [-0.15, -0.1) is 0 Å². The van der Waals surface area contributed by atoms with Crippen LogP contribution in [0.1, 0.15) is 36.1 Å². The average Bonchev–Trinajstić information content (AvgIpc) is 3.00. The van der Waals surface area contributed by atoms with Gasteiger partial charge in [-0.3, -0.25) is 9.59 Å². The number of methoxy groups -OCH3 is 2. The van der Waals surface area contributed by atoms with E-state index in [0.29, 0.717) is 38.6 Å². The summed E-state index contributed by atoms with van der Waals surface area (Å²) in [6.07, 6.45) is 2.51. The first kappa shape index (κ1) is 19.1. The van der Waals surface area contributed by atoms with E-state index in [1.54, 1.807) is 19.1 Å². The second-order valence-corrected chi connectivity index (χ2v) is 4.93. The number of hydrogen-bond donors (Lipinski definition) is 1. The number of carbonyl (C=O) groups is 2. The predicted molar refractivity (Wildman–Crippen MR) is 82.9 cm³/mol. The number of carbonyl (C=O) groups excluding carboxylic acids is 2. The molecule has 23 heavy (non-hydrogen) atoms. The van der Waals surface area contributed by atoms with Crippen LogP contribution in [-0.2, 0) is 20.8 Å². The Morgan fingerprint density at radius 2 is 2.04 bits per heavy atom. The number of nitrogens with zero attached hydrogens (tertiary/aromatic N) is 2. The van der Waals surface area contributed by atoms with E-state index in [1.807, 2.05) is 6.92 Å². The zero-order chi connectivity index (χ0) is 17.1. The highest BCUT2D eigenvalue weighted by Gasteiger charge is 2.17. The van der Waals surface area contributed by atoms with E-state index in [0.717, 1.165) is 6.42 Å². The van der Waals surface area contributed by atoms with Gasteiger partial charge in [0.05, 0.1) is 19.8 Å². The predicted octanol–water partition coefficient (Wildman–Crippen LogP) is 0.826. The molecular weight excluding hydrogens is 302 g/mol. The van der Waals surface area contributed by atoms with Crippen LogP contribution >= 0.6 is 0 Å². The number of oxazole rings is 1. The number of rotatable bonds is 11. The van der Waals surface area contributed by atoms with Crippen molar-refractivity contribution in [3.63, 3.8) is 0 Å². The molecule has 130 valence electrons. The van der Waals surface area contributed by atoms with E-state index >= 15 is 0 Å². The van der Waals surface area contributed by atoms with Gasteiger partial charge < -0.3 is 24.1 Å². The van der Waals surface area contributed by atoms with E-state index in [9.17, 15) is 9.59 Å². The van der Waals surface area contributed by atoms with Crippen LogP contribution < -0.4 is 5.32 Å². The third-order valence-corrected chi connectivity index (χ3v) is 3.08. The second kappa shape index (κ2) is 10.7. The van der Waals surface area contributed by atoms with Gasteiger partial charge in [-0.1, -0.05) is 6.92 Å². The molecule has 0 aliphatic carbocycles. The van der Waals surface area contributed by atoms with Gasteiger partial charge in [0.1, 0.15) is 6.26 Å². The molecule has 0 aliphatic heterocycles. The zero-order valence-corrected chi connectivity index (χ0v) is 14.0. The largest absolute Gasteiger partial charge is 0.446 e. The highest BCUT2D eigenvalue weighted by molar-refractivity contribution is 5.91. The first-order valence-electron chi connectivity index (χ1n) is 7.60. The maximum absolute atomic E-state index is 12.1. The molecule has 1 aromatic rings. The molecule has 0 saturated carbocycles. The monoisotopic (exact) mass is 327 g/mol. The van der Waals surface area contributed by atoms with Crippen LogP contribution in [0.15, 0.2) is 10.7 Å². The Morgan fingerprint density at radius 3 is 2.70 bits per heavy atom. The smallest absolute Gasteiger partial charge is 0.273 e. The Kier molecular flexibility index (Phi) is 8.93. The van der Waals surface area contributed by atoms with Crippen LogP contribution in [0.5, 0.6) is 0 Å². The molecule has 0 aromatic carbocycles. The van der Waals surface area contributed by atoms with E-state index in [2.05, 4.69) is 10.3 Å². The molecule has 0 aliphatic rings. The molecular formula is C15H25N3O5. The highest BCUT2D eigenvalue weighted by Crippen LogP contribution is 2.08. The molecule has 0 spiro atoms. The minimum absolute atomic E-state index is 0.00819. The van der Waals surface area contributed by atoms with Crippen molar-refractivity contribution < 1.29 is 23.5 Å². The molecule has 1 rings (SSSR count). The first-order chi connectivity index (χ1) is 11.1. The number of nitrogens with one attached hydrogen (secondary N) is 1. The van der Waals surface area contributed by atoms with Crippen LogP contribution in [0, 0.1) is 0 Å². The number of hydrogen-bond acceptors (Lipinski definition) is 6. The summed E-state index contributed by atoms with van der Waals surface area (Å²) >= 11 is 0. The molecule has 1 aromatic heterocycles. The Hall–Kier alpha value is -1.93. The van der Waals surface area contributed by atoms with Gasteiger partial charge in [0.15, 0.2) is 5.69 Å². The van der Waals surface area contributed by atoms with E-state index in [4.69, 9.17) is 13.9 Å². The lowest BCUT2D eigenvalue weighted by molar-refractivity contribution is -0.132. The molecule has 1 N–H and O–H groups in total. The van der Waals surface area contributed by atoms with Crippen molar-refractivity contribution in [2.45, 2.75) is 26.3 Å². The topological polar surface area (TPSA) is 93.9 Å². The maximum Gasteiger partial charge on any atom is 0.273 e. The summed E-state index contributed by atoms with van der Waals surface area (Å²) in [7, 11) is 3.14. The molecule has 8 heteroatoms. The van der Waals surface area contributed by atoms with Crippen LogP contribution in [0.25, 0.3) is 0 Å². The maximum atomic E-state index is 12.1. The van der Waals surface area contributed by atoms with Gasteiger partial charge >= 0.3 is 0 Å². The Morgan fingerprint density at radius 1 is 1.30 bits per heavy atom.